The van der Waals surface area contributed by atoms with Crippen LogP contribution in [-0.2, 0) is 30.4 Å². The molecule has 4 N–H and O–H groups in total. The van der Waals surface area contributed by atoms with Gasteiger partial charge in [0.1, 0.15) is 36.1 Å². The fourth-order valence-electron chi connectivity index (χ4n) is 10.0. The summed E-state index contributed by atoms with van der Waals surface area (Å²) in [5.41, 5.74) is 7.11. The normalized spacial score (nSPS) is 20.3. The molecule has 7 atom stereocenters. The van der Waals surface area contributed by atoms with E-state index in [2.05, 4.69) is 57.0 Å². The molecule has 4 aromatic carbocycles. The zero-order valence-corrected chi connectivity index (χ0v) is 38.1. The first-order chi connectivity index (χ1) is 32.0. The molecule has 0 aliphatic carbocycles. The van der Waals surface area contributed by atoms with E-state index < -0.39 is 30.3 Å². The van der Waals surface area contributed by atoms with Crippen molar-refractivity contribution in [1.29, 1.82) is 0 Å². The first-order valence-corrected chi connectivity index (χ1v) is 22.6. The molecule has 2 aromatic heterocycles. The lowest BCUT2D eigenvalue weighted by Gasteiger charge is -2.33. The fourth-order valence-corrected chi connectivity index (χ4v) is 10.0. The highest BCUT2D eigenvalue weighted by Gasteiger charge is 2.43. The Morgan fingerprint density at radius 1 is 0.879 bits per heavy atom. The summed E-state index contributed by atoms with van der Waals surface area (Å²) < 4.78 is 21.8. The molecule has 16 heteroatoms. The van der Waals surface area contributed by atoms with Gasteiger partial charge in [0.05, 0.1) is 55.8 Å². The second-order valence-electron chi connectivity index (χ2n) is 17.7. The molecular weight excluding hydrogens is 841 g/mol. The molecule has 2 saturated heterocycles. The van der Waals surface area contributed by atoms with E-state index in [1.807, 2.05) is 68.3 Å². The van der Waals surface area contributed by atoms with Gasteiger partial charge < -0.3 is 49.3 Å². The first-order valence-electron chi connectivity index (χ1n) is 22.6. The summed E-state index contributed by atoms with van der Waals surface area (Å²) in [6, 6.07) is 21.4. The number of amides is 4. The van der Waals surface area contributed by atoms with Gasteiger partial charge in [0.25, 0.3) is 5.91 Å². The van der Waals surface area contributed by atoms with Gasteiger partial charge in [-0.15, -0.1) is 0 Å². The number of nitrogens with zero attached hydrogens (tertiary/aromatic N) is 4. The van der Waals surface area contributed by atoms with Crippen LogP contribution in [0.3, 0.4) is 0 Å². The topological polar surface area (TPSA) is 193 Å². The zero-order valence-electron chi connectivity index (χ0n) is 38.1. The Labute approximate surface area is 382 Å². The number of ether oxygens (including phenoxy) is 4. The van der Waals surface area contributed by atoms with Crippen LogP contribution in [0.5, 0.6) is 5.75 Å². The van der Waals surface area contributed by atoms with E-state index >= 15 is 0 Å². The second-order valence-corrected chi connectivity index (χ2v) is 17.7. The van der Waals surface area contributed by atoms with Crippen molar-refractivity contribution >= 4 is 45.8 Å². The molecule has 0 radical (unpaired) electrons. The van der Waals surface area contributed by atoms with Crippen molar-refractivity contribution in [3.63, 3.8) is 0 Å². The number of imidazole rings is 2. The van der Waals surface area contributed by atoms with Crippen LogP contribution in [0, 0.1) is 11.8 Å². The van der Waals surface area contributed by atoms with Crippen LogP contribution in [0.15, 0.2) is 79.0 Å². The number of hydrogen-bond donors (Lipinski definition) is 4. The van der Waals surface area contributed by atoms with Crippen molar-refractivity contribution in [1.82, 2.24) is 40.4 Å². The van der Waals surface area contributed by atoms with Gasteiger partial charge in [0.15, 0.2) is 0 Å². The average molecular weight is 897 g/mol. The van der Waals surface area contributed by atoms with Crippen molar-refractivity contribution in [3.05, 3.63) is 102 Å². The number of H-pyrrole nitrogens is 2. The molecule has 4 amide bonds. The summed E-state index contributed by atoms with van der Waals surface area (Å²) >= 11 is 0. The van der Waals surface area contributed by atoms with Crippen LogP contribution < -0.4 is 15.4 Å². The predicted molar refractivity (Wildman–Crippen MR) is 247 cm³/mol. The summed E-state index contributed by atoms with van der Waals surface area (Å²) in [7, 11) is 4.23. The van der Waals surface area contributed by atoms with E-state index in [1.54, 1.807) is 12.0 Å². The lowest BCUT2D eigenvalue weighted by Crippen LogP contribution is -2.53. The smallest absolute Gasteiger partial charge is 0.407 e. The number of aromatic amines is 2. The van der Waals surface area contributed by atoms with Crippen LogP contribution in [-0.4, -0.2) is 100 Å². The average Bonchev–Trinajstić information content (AvgIpc) is 4.17. The van der Waals surface area contributed by atoms with Gasteiger partial charge >= 0.3 is 12.2 Å². The first kappa shape index (κ1) is 44.3. The number of aromatic nitrogens is 4. The molecule has 3 aliphatic heterocycles. The fraction of sp³-hybridized carbons (Fsp3) is 0.400. The van der Waals surface area contributed by atoms with Crippen molar-refractivity contribution in [2.24, 2.45) is 11.8 Å². The van der Waals surface area contributed by atoms with E-state index in [4.69, 9.17) is 28.9 Å². The lowest BCUT2D eigenvalue weighted by molar-refractivity contribution is -0.137. The van der Waals surface area contributed by atoms with Gasteiger partial charge in [0.2, 0.25) is 5.91 Å². The molecule has 66 heavy (non-hydrogen) atoms. The maximum absolute atomic E-state index is 14.4. The van der Waals surface area contributed by atoms with Gasteiger partial charge in [-0.25, -0.2) is 19.6 Å². The van der Waals surface area contributed by atoms with Gasteiger partial charge in [-0.1, -0.05) is 68.8 Å². The highest BCUT2D eigenvalue weighted by Crippen LogP contribution is 2.44. The summed E-state index contributed by atoms with van der Waals surface area (Å²) in [6.07, 6.45) is 3.40. The molecule has 344 valence electrons. The monoisotopic (exact) mass is 896 g/mol. The van der Waals surface area contributed by atoms with Crippen LogP contribution >= 0.6 is 0 Å². The molecular formula is C50H56N8O8. The molecule has 0 saturated carbocycles. The van der Waals surface area contributed by atoms with Crippen molar-refractivity contribution in [2.45, 2.75) is 83.3 Å². The Morgan fingerprint density at radius 3 is 2.42 bits per heavy atom. The molecule has 0 spiro atoms. The number of hydrogen-bond acceptors (Lipinski definition) is 10. The Hall–Kier alpha value is -6.94. The minimum atomic E-state index is -0.956. The highest BCUT2D eigenvalue weighted by atomic mass is 16.5. The molecule has 5 heterocycles. The number of carbonyl (C=O) groups is 4. The Balaban J connectivity index is 0.979. The van der Waals surface area contributed by atoms with Crippen molar-refractivity contribution in [2.75, 3.05) is 34.5 Å². The number of alkyl carbamates (subject to hydrolysis) is 2. The molecule has 0 bridgehead atoms. The largest absolute Gasteiger partial charge is 0.488 e. The minimum absolute atomic E-state index is 0.0239. The summed E-state index contributed by atoms with van der Waals surface area (Å²) in [5, 5.41) is 7.47. The molecule has 1 unspecified atom stereocenters. The standard InChI is InChI=1S/C50H56N8O8/c1-7-27(2)42(55-49(61)64-5)48(60)58-28(3)13-18-39(58)45-51-23-38(53-45)32-14-16-34-33(20-32)26-66-41-22-35-31(21-36(34)41)15-17-37-44(35)54-46(52-37)40-19-29(25-63-4)24-57(40)47(59)43(56-50(62)65-6)30-11-9-8-10-12-30/h8-12,14-17,20-23,27-29,39-40,42-43H,7,13,18-19,24-26H2,1-6H3,(H,51,53)(H,52,54)(H,55,61)(H,56,62)/t27-,28-,29-,39-,40-,42-,43?/m0/s1. The van der Waals surface area contributed by atoms with Gasteiger partial charge in [-0.2, -0.15) is 0 Å². The van der Waals surface area contributed by atoms with Crippen molar-refractivity contribution in [3.8, 4) is 28.1 Å². The number of methoxy groups -OCH3 is 3. The molecule has 2 fully saturated rings. The maximum atomic E-state index is 14.4. The number of rotatable bonds is 12. The Bertz CT molecular complexity index is 2790. The summed E-state index contributed by atoms with van der Waals surface area (Å²) in [6.45, 7) is 7.26. The summed E-state index contributed by atoms with van der Waals surface area (Å²) in [4.78, 5) is 73.8. The number of carbonyl (C=O) groups excluding carboxylic acids is 4. The van der Waals surface area contributed by atoms with Gasteiger partial charge in [-0.05, 0) is 84.0 Å². The van der Waals surface area contributed by atoms with E-state index in [1.165, 1.54) is 14.2 Å². The maximum Gasteiger partial charge on any atom is 0.407 e. The third-order valence-electron chi connectivity index (χ3n) is 13.7. The van der Waals surface area contributed by atoms with Crippen LogP contribution in [0.25, 0.3) is 44.2 Å². The number of likely N-dealkylation sites (tertiary alicyclic amines) is 2. The van der Waals surface area contributed by atoms with Crippen molar-refractivity contribution < 1.29 is 38.1 Å². The van der Waals surface area contributed by atoms with Crippen LogP contribution in [0.4, 0.5) is 9.59 Å². The highest BCUT2D eigenvalue weighted by molar-refractivity contribution is 6.07. The molecule has 16 nitrogen and oxygen atoms in total. The second kappa shape index (κ2) is 18.5. The predicted octanol–water partition coefficient (Wildman–Crippen LogP) is 8.12. The van der Waals surface area contributed by atoms with E-state index in [9.17, 15) is 19.2 Å². The zero-order chi connectivity index (χ0) is 46.2. The third kappa shape index (κ3) is 8.29. The molecule has 6 aromatic rings. The van der Waals surface area contributed by atoms with E-state index in [0.29, 0.717) is 49.8 Å². The molecule has 9 rings (SSSR count). The number of fused-ring (bicyclic) bond motifs is 6. The lowest BCUT2D eigenvalue weighted by atomic mass is 9.92. The number of nitrogens with one attached hydrogen (secondary N) is 4. The van der Waals surface area contributed by atoms with E-state index in [0.717, 1.165) is 68.3 Å². The minimum Gasteiger partial charge on any atom is -0.488 e. The third-order valence-corrected chi connectivity index (χ3v) is 13.7. The SMILES string of the molecule is CC[C@H](C)[C@H](NC(=O)OC)C(=O)N1[C@@H](C)CC[C@H]1c1ncc(-c2ccc3c(c2)COc2cc4c(ccc5nc([C@@H]6C[C@H](COC)CN6C(=O)C(NC(=O)OC)c6ccccc6)[nH]c54)cc2-3)[nH]1. The van der Waals surface area contributed by atoms with E-state index in [-0.39, 0.29) is 35.7 Å². The van der Waals surface area contributed by atoms with Crippen LogP contribution in [0.1, 0.15) is 87.4 Å². The van der Waals surface area contributed by atoms with Gasteiger partial charge in [0, 0.05) is 36.6 Å². The quantitative estimate of drug-likeness (QED) is 0.0933. The summed E-state index contributed by atoms with van der Waals surface area (Å²) in [5.74, 6) is 1.68. The van der Waals surface area contributed by atoms with Gasteiger partial charge in [-0.3, -0.25) is 9.59 Å². The number of benzene rings is 4. The molecule has 3 aliphatic rings. The Kier molecular flexibility index (Phi) is 12.4. The Morgan fingerprint density at radius 2 is 1.67 bits per heavy atom. The van der Waals surface area contributed by atoms with Crippen LogP contribution in [0.2, 0.25) is 0 Å².